The van der Waals surface area contributed by atoms with Gasteiger partial charge in [0.15, 0.2) is 0 Å². The van der Waals surface area contributed by atoms with E-state index in [-0.39, 0.29) is 0 Å². The molecule has 0 saturated heterocycles. The van der Waals surface area contributed by atoms with Crippen LogP contribution in [0.4, 0.5) is 0 Å². The van der Waals surface area contributed by atoms with Crippen LogP contribution in [0.1, 0.15) is 27.2 Å². The molecule has 0 radical (unpaired) electrons. The van der Waals surface area contributed by atoms with E-state index < -0.39 is 5.97 Å². The molecule has 0 amide bonds. The molecule has 3 rings (SSSR count). The summed E-state index contributed by atoms with van der Waals surface area (Å²) < 4.78 is 1.96. The van der Waals surface area contributed by atoms with Crippen LogP contribution in [-0.4, -0.2) is 20.6 Å². The first-order valence-electron chi connectivity index (χ1n) is 7.43. The van der Waals surface area contributed by atoms with Gasteiger partial charge in [0.05, 0.1) is 17.0 Å². The van der Waals surface area contributed by atoms with E-state index in [2.05, 4.69) is 23.2 Å². The molecule has 0 aliphatic heterocycles. The molecule has 0 aliphatic carbocycles. The maximum atomic E-state index is 11.6. The van der Waals surface area contributed by atoms with Gasteiger partial charge in [0.25, 0.3) is 0 Å². The molecule has 0 aliphatic rings. The van der Waals surface area contributed by atoms with Gasteiger partial charge in [0, 0.05) is 17.6 Å². The Hall–Kier alpha value is -2.88. The van der Waals surface area contributed by atoms with Gasteiger partial charge in [-0.05, 0) is 62.2 Å². The predicted octanol–water partition coefficient (Wildman–Crippen LogP) is 4.16. The Balaban J connectivity index is 2.32. The number of aryl methyl sites for hydroxylation is 2. The lowest BCUT2D eigenvalue weighted by Gasteiger charge is -2.13. The van der Waals surface area contributed by atoms with Gasteiger partial charge in [-0.3, -0.25) is 4.98 Å². The Kier molecular flexibility index (Phi) is 3.74. The van der Waals surface area contributed by atoms with Crippen LogP contribution < -0.4 is 0 Å². The van der Waals surface area contributed by atoms with Gasteiger partial charge in [-0.2, -0.15) is 0 Å². The summed E-state index contributed by atoms with van der Waals surface area (Å²) in [5, 5.41) is 9.47. The summed E-state index contributed by atoms with van der Waals surface area (Å²) in [4.78, 5) is 15.9. The van der Waals surface area contributed by atoms with Crippen LogP contribution in [0.3, 0.4) is 0 Å². The fraction of sp³-hybridized carbons (Fsp3) is 0.158. The van der Waals surface area contributed by atoms with E-state index in [9.17, 15) is 9.90 Å². The quantitative estimate of drug-likeness (QED) is 0.790. The topological polar surface area (TPSA) is 55.1 Å². The van der Waals surface area contributed by atoms with Crippen molar-refractivity contribution in [2.45, 2.75) is 20.8 Å². The molecule has 4 nitrogen and oxygen atoms in total. The Morgan fingerprint density at radius 3 is 2.30 bits per heavy atom. The fourth-order valence-electron chi connectivity index (χ4n) is 2.94. The normalized spacial score (nSPS) is 10.7. The average molecular weight is 306 g/mol. The number of hydrogen-bond donors (Lipinski definition) is 1. The SMILES string of the molecule is Cc1cc(C)cc(-n2c(-c3ccccn3)cc(C(=O)O)c2C)c1. The number of aromatic nitrogens is 2. The molecular formula is C19H18N2O2. The predicted molar refractivity (Wildman–Crippen MR) is 90.2 cm³/mol. The van der Waals surface area contributed by atoms with Crippen molar-refractivity contribution < 1.29 is 9.90 Å². The summed E-state index contributed by atoms with van der Waals surface area (Å²) in [6.07, 6.45) is 1.71. The zero-order valence-electron chi connectivity index (χ0n) is 13.4. The van der Waals surface area contributed by atoms with Crippen LogP contribution in [0.5, 0.6) is 0 Å². The molecule has 23 heavy (non-hydrogen) atoms. The van der Waals surface area contributed by atoms with Crippen molar-refractivity contribution in [3.63, 3.8) is 0 Å². The summed E-state index contributed by atoms with van der Waals surface area (Å²) in [6.45, 7) is 5.90. The Morgan fingerprint density at radius 2 is 1.74 bits per heavy atom. The highest BCUT2D eigenvalue weighted by atomic mass is 16.4. The number of benzene rings is 1. The minimum Gasteiger partial charge on any atom is -0.478 e. The molecule has 0 saturated carbocycles. The highest BCUT2D eigenvalue weighted by molar-refractivity contribution is 5.91. The third kappa shape index (κ3) is 2.75. The molecule has 2 aromatic heterocycles. The molecule has 1 N–H and O–H groups in total. The lowest BCUT2D eigenvalue weighted by Crippen LogP contribution is -2.03. The largest absolute Gasteiger partial charge is 0.478 e. The van der Waals surface area contributed by atoms with E-state index in [1.807, 2.05) is 43.5 Å². The molecule has 0 bridgehead atoms. The summed E-state index contributed by atoms with van der Waals surface area (Å²) in [7, 11) is 0. The highest BCUT2D eigenvalue weighted by Crippen LogP contribution is 2.29. The number of carboxylic acid groups (broad SMARTS) is 1. The van der Waals surface area contributed by atoms with E-state index >= 15 is 0 Å². The van der Waals surface area contributed by atoms with Gasteiger partial charge in [-0.25, -0.2) is 4.79 Å². The van der Waals surface area contributed by atoms with Crippen LogP contribution in [0.2, 0.25) is 0 Å². The minimum atomic E-state index is -0.928. The van der Waals surface area contributed by atoms with Gasteiger partial charge >= 0.3 is 5.97 Å². The summed E-state index contributed by atoms with van der Waals surface area (Å²) in [5.41, 5.74) is 5.75. The van der Waals surface area contributed by atoms with Crippen molar-refractivity contribution in [1.29, 1.82) is 0 Å². The molecule has 0 atom stereocenters. The summed E-state index contributed by atoms with van der Waals surface area (Å²) in [6, 6.07) is 13.5. The van der Waals surface area contributed by atoms with Crippen LogP contribution in [-0.2, 0) is 0 Å². The van der Waals surface area contributed by atoms with E-state index in [0.717, 1.165) is 28.2 Å². The Bertz CT molecular complexity index is 860. The zero-order chi connectivity index (χ0) is 16.6. The van der Waals surface area contributed by atoms with Gasteiger partial charge in [-0.15, -0.1) is 0 Å². The third-order valence-electron chi connectivity index (χ3n) is 3.87. The molecule has 4 heteroatoms. The van der Waals surface area contributed by atoms with E-state index in [1.54, 1.807) is 12.3 Å². The Labute approximate surface area is 135 Å². The fourth-order valence-corrected chi connectivity index (χ4v) is 2.94. The lowest BCUT2D eigenvalue weighted by molar-refractivity contribution is 0.0696. The van der Waals surface area contributed by atoms with E-state index in [1.165, 1.54) is 0 Å². The summed E-state index contributed by atoms with van der Waals surface area (Å²) >= 11 is 0. The number of nitrogens with zero attached hydrogens (tertiary/aromatic N) is 2. The smallest absolute Gasteiger partial charge is 0.337 e. The van der Waals surface area contributed by atoms with Crippen molar-refractivity contribution in [2.75, 3.05) is 0 Å². The molecular weight excluding hydrogens is 288 g/mol. The molecule has 1 aromatic carbocycles. The average Bonchev–Trinajstić information content (AvgIpc) is 2.85. The molecule has 116 valence electrons. The number of aromatic carboxylic acids is 1. The van der Waals surface area contributed by atoms with Crippen molar-refractivity contribution >= 4 is 5.97 Å². The van der Waals surface area contributed by atoms with Crippen LogP contribution in [0, 0.1) is 20.8 Å². The van der Waals surface area contributed by atoms with Gasteiger partial charge in [0.2, 0.25) is 0 Å². The molecule has 3 aromatic rings. The van der Waals surface area contributed by atoms with Crippen molar-refractivity contribution in [2.24, 2.45) is 0 Å². The molecule has 0 fully saturated rings. The van der Waals surface area contributed by atoms with Gasteiger partial charge in [-0.1, -0.05) is 12.1 Å². The van der Waals surface area contributed by atoms with E-state index in [4.69, 9.17) is 0 Å². The standard InChI is InChI=1S/C19H18N2O2/c1-12-8-13(2)10-15(9-12)21-14(3)16(19(22)23)11-18(21)17-6-4-5-7-20-17/h4-11H,1-3H3,(H,22,23). The second kappa shape index (κ2) is 5.72. The monoisotopic (exact) mass is 306 g/mol. The van der Waals surface area contributed by atoms with Gasteiger partial charge in [0.1, 0.15) is 0 Å². The number of carbonyl (C=O) groups is 1. The van der Waals surface area contributed by atoms with Crippen LogP contribution in [0.15, 0.2) is 48.7 Å². The maximum absolute atomic E-state index is 11.6. The zero-order valence-corrected chi connectivity index (χ0v) is 13.4. The second-order valence-corrected chi connectivity index (χ2v) is 5.73. The number of carboxylic acids is 1. The van der Waals surface area contributed by atoms with Gasteiger partial charge < -0.3 is 9.67 Å². The first kappa shape index (κ1) is 15.0. The van der Waals surface area contributed by atoms with Crippen molar-refractivity contribution in [3.05, 3.63) is 71.0 Å². The minimum absolute atomic E-state index is 0.296. The molecule has 0 spiro atoms. The first-order valence-corrected chi connectivity index (χ1v) is 7.43. The second-order valence-electron chi connectivity index (χ2n) is 5.73. The molecule has 0 unspecified atom stereocenters. The van der Waals surface area contributed by atoms with E-state index in [0.29, 0.717) is 11.3 Å². The van der Waals surface area contributed by atoms with Crippen LogP contribution >= 0.6 is 0 Å². The van der Waals surface area contributed by atoms with Crippen LogP contribution in [0.25, 0.3) is 17.1 Å². The number of hydrogen-bond acceptors (Lipinski definition) is 2. The first-order chi connectivity index (χ1) is 11.0. The summed E-state index contributed by atoms with van der Waals surface area (Å²) in [5.74, 6) is -0.928. The highest BCUT2D eigenvalue weighted by Gasteiger charge is 2.19. The Morgan fingerprint density at radius 1 is 1.04 bits per heavy atom. The number of rotatable bonds is 3. The van der Waals surface area contributed by atoms with Crippen molar-refractivity contribution in [1.82, 2.24) is 9.55 Å². The number of pyridine rings is 1. The third-order valence-corrected chi connectivity index (χ3v) is 3.87. The lowest BCUT2D eigenvalue weighted by atomic mass is 10.1. The van der Waals surface area contributed by atoms with Crippen molar-refractivity contribution in [3.8, 4) is 17.1 Å². The molecule has 2 heterocycles. The maximum Gasteiger partial charge on any atom is 0.337 e.